The zero-order valence-corrected chi connectivity index (χ0v) is 16.9. The van der Waals surface area contributed by atoms with E-state index in [0.717, 1.165) is 28.2 Å². The third-order valence-electron chi connectivity index (χ3n) is 4.73. The van der Waals surface area contributed by atoms with Gasteiger partial charge in [0.2, 0.25) is 0 Å². The van der Waals surface area contributed by atoms with Crippen molar-refractivity contribution in [2.45, 2.75) is 18.0 Å². The molecule has 0 spiro atoms. The topological polar surface area (TPSA) is 33.0 Å². The van der Waals surface area contributed by atoms with E-state index < -0.39 is 11.7 Å². The average molecular weight is 413 g/mol. The quantitative estimate of drug-likeness (QED) is 0.434. The van der Waals surface area contributed by atoms with Crippen LogP contribution >= 0.6 is 11.8 Å². The number of ether oxygens (including phenoxy) is 1. The van der Waals surface area contributed by atoms with E-state index in [-0.39, 0.29) is 0 Å². The van der Waals surface area contributed by atoms with Crippen LogP contribution < -0.4 is 4.74 Å². The highest BCUT2D eigenvalue weighted by Crippen LogP contribution is 2.42. The molecule has 0 amide bonds. The van der Waals surface area contributed by atoms with Crippen LogP contribution in [0.1, 0.15) is 16.7 Å². The minimum absolute atomic E-state index is 0.416. The standard InChI is InChI=1S/C23H18F3NOS/c1-14-20(13-27)21(29-3)12-19(15-6-5-9-18(11-15)28-2)22(14)16-7-4-8-17(10-16)23(24,25)26/h4-12H,1-3H3. The van der Waals surface area contributed by atoms with Gasteiger partial charge < -0.3 is 4.74 Å². The van der Waals surface area contributed by atoms with Crippen molar-refractivity contribution in [3.8, 4) is 34.1 Å². The van der Waals surface area contributed by atoms with Crippen molar-refractivity contribution in [3.05, 3.63) is 71.3 Å². The van der Waals surface area contributed by atoms with E-state index in [2.05, 4.69) is 6.07 Å². The van der Waals surface area contributed by atoms with E-state index >= 15 is 0 Å². The summed E-state index contributed by atoms with van der Waals surface area (Å²) >= 11 is 1.43. The van der Waals surface area contributed by atoms with E-state index in [9.17, 15) is 18.4 Å². The Labute approximate surface area is 171 Å². The molecule has 3 aromatic carbocycles. The van der Waals surface area contributed by atoms with Crippen molar-refractivity contribution in [3.63, 3.8) is 0 Å². The summed E-state index contributed by atoms with van der Waals surface area (Å²) < 4.78 is 45.2. The van der Waals surface area contributed by atoms with E-state index in [4.69, 9.17) is 4.74 Å². The van der Waals surface area contributed by atoms with Gasteiger partial charge in [0.05, 0.1) is 18.2 Å². The number of nitrogens with zero attached hydrogens (tertiary/aromatic N) is 1. The first-order chi connectivity index (χ1) is 13.8. The smallest absolute Gasteiger partial charge is 0.416 e. The molecule has 3 aromatic rings. The molecule has 0 heterocycles. The van der Waals surface area contributed by atoms with Gasteiger partial charge in [-0.3, -0.25) is 0 Å². The van der Waals surface area contributed by atoms with E-state index in [1.807, 2.05) is 30.5 Å². The second kappa shape index (κ2) is 8.22. The molecule has 0 N–H and O–H groups in total. The van der Waals surface area contributed by atoms with Crippen molar-refractivity contribution in [2.24, 2.45) is 0 Å². The molecular weight excluding hydrogens is 395 g/mol. The Morgan fingerprint density at radius 2 is 1.69 bits per heavy atom. The Bertz CT molecular complexity index is 1100. The lowest BCUT2D eigenvalue weighted by atomic mass is 9.88. The van der Waals surface area contributed by atoms with Crippen molar-refractivity contribution in [1.82, 2.24) is 0 Å². The fraction of sp³-hybridized carbons (Fsp3) is 0.174. The lowest BCUT2D eigenvalue weighted by Gasteiger charge is -2.19. The number of alkyl halides is 3. The maximum atomic E-state index is 13.3. The van der Waals surface area contributed by atoms with Crippen LogP contribution in [0.3, 0.4) is 0 Å². The van der Waals surface area contributed by atoms with Gasteiger partial charge in [0.25, 0.3) is 0 Å². The van der Waals surface area contributed by atoms with E-state index in [1.165, 1.54) is 17.8 Å². The third kappa shape index (κ3) is 4.10. The summed E-state index contributed by atoms with van der Waals surface area (Å²) in [7, 11) is 1.56. The Balaban J connectivity index is 2.37. The van der Waals surface area contributed by atoms with Gasteiger partial charge in [-0.25, -0.2) is 0 Å². The Morgan fingerprint density at radius 1 is 1.00 bits per heavy atom. The Hall–Kier alpha value is -2.91. The molecule has 2 nitrogen and oxygen atoms in total. The number of hydrogen-bond donors (Lipinski definition) is 0. The maximum absolute atomic E-state index is 13.3. The first-order valence-electron chi connectivity index (χ1n) is 8.74. The van der Waals surface area contributed by atoms with Crippen LogP contribution in [0.25, 0.3) is 22.3 Å². The molecule has 0 fully saturated rings. The molecule has 0 radical (unpaired) electrons. The van der Waals surface area contributed by atoms with Gasteiger partial charge in [-0.15, -0.1) is 11.8 Å². The highest BCUT2D eigenvalue weighted by Gasteiger charge is 2.31. The summed E-state index contributed by atoms with van der Waals surface area (Å²) in [6.45, 7) is 1.78. The molecule has 6 heteroatoms. The van der Waals surface area contributed by atoms with Gasteiger partial charge in [-0.2, -0.15) is 18.4 Å². The largest absolute Gasteiger partial charge is 0.497 e. The van der Waals surface area contributed by atoms with Crippen molar-refractivity contribution < 1.29 is 17.9 Å². The van der Waals surface area contributed by atoms with Gasteiger partial charge in [0, 0.05) is 4.90 Å². The molecule has 0 aliphatic heterocycles. The second-order valence-corrected chi connectivity index (χ2v) is 7.27. The highest BCUT2D eigenvalue weighted by atomic mass is 32.2. The van der Waals surface area contributed by atoms with Gasteiger partial charge >= 0.3 is 6.18 Å². The van der Waals surface area contributed by atoms with Crippen molar-refractivity contribution in [1.29, 1.82) is 5.26 Å². The molecule has 3 rings (SSSR count). The monoisotopic (exact) mass is 413 g/mol. The van der Waals surface area contributed by atoms with Crippen LogP contribution in [0.4, 0.5) is 13.2 Å². The lowest BCUT2D eigenvalue weighted by Crippen LogP contribution is -2.05. The zero-order chi connectivity index (χ0) is 21.2. The van der Waals surface area contributed by atoms with E-state index in [1.54, 1.807) is 26.2 Å². The minimum Gasteiger partial charge on any atom is -0.497 e. The first kappa shape index (κ1) is 20.8. The molecule has 0 saturated heterocycles. The first-order valence-corrected chi connectivity index (χ1v) is 9.96. The molecule has 29 heavy (non-hydrogen) atoms. The van der Waals surface area contributed by atoms with Crippen LogP contribution in [0, 0.1) is 18.3 Å². The van der Waals surface area contributed by atoms with Crippen molar-refractivity contribution >= 4 is 11.8 Å². The Kier molecular flexibility index (Phi) is 5.90. The second-order valence-electron chi connectivity index (χ2n) is 6.42. The predicted molar refractivity (Wildman–Crippen MR) is 110 cm³/mol. The fourth-order valence-corrected chi connectivity index (χ4v) is 3.97. The zero-order valence-electron chi connectivity index (χ0n) is 16.1. The van der Waals surface area contributed by atoms with E-state index in [0.29, 0.717) is 28.0 Å². The summed E-state index contributed by atoms with van der Waals surface area (Å²) in [5.41, 5.74) is 2.98. The molecule has 0 atom stereocenters. The molecule has 0 aliphatic carbocycles. The summed E-state index contributed by atoms with van der Waals surface area (Å²) in [6, 6.07) is 16.6. The molecular formula is C23H18F3NOS. The maximum Gasteiger partial charge on any atom is 0.416 e. The molecule has 0 bridgehead atoms. The third-order valence-corrected chi connectivity index (χ3v) is 5.49. The molecule has 0 aliphatic rings. The van der Waals surface area contributed by atoms with Gasteiger partial charge in [0.15, 0.2) is 0 Å². The molecule has 0 aromatic heterocycles. The molecule has 0 unspecified atom stereocenters. The normalized spacial score (nSPS) is 11.2. The predicted octanol–water partition coefficient (Wildman–Crippen LogP) is 6.95. The highest BCUT2D eigenvalue weighted by molar-refractivity contribution is 7.98. The van der Waals surface area contributed by atoms with Crippen LogP contribution in [-0.2, 0) is 6.18 Å². The number of benzene rings is 3. The van der Waals surface area contributed by atoms with Crippen molar-refractivity contribution in [2.75, 3.05) is 13.4 Å². The molecule has 0 saturated carbocycles. The van der Waals surface area contributed by atoms with Crippen LogP contribution in [0.5, 0.6) is 5.75 Å². The van der Waals surface area contributed by atoms with Gasteiger partial charge in [-0.05, 0) is 71.3 Å². The average Bonchev–Trinajstić information content (AvgIpc) is 2.72. The Morgan fingerprint density at radius 3 is 2.31 bits per heavy atom. The fourth-order valence-electron chi connectivity index (χ4n) is 3.33. The number of rotatable bonds is 4. The number of thioether (sulfide) groups is 1. The summed E-state index contributed by atoms with van der Waals surface area (Å²) in [4.78, 5) is 0.776. The summed E-state index contributed by atoms with van der Waals surface area (Å²) in [5.74, 6) is 0.644. The van der Waals surface area contributed by atoms with Crippen LogP contribution in [0.2, 0.25) is 0 Å². The van der Waals surface area contributed by atoms with Crippen LogP contribution in [0.15, 0.2) is 59.5 Å². The molecule has 148 valence electrons. The number of nitriles is 1. The summed E-state index contributed by atoms with van der Waals surface area (Å²) in [6.07, 6.45) is -2.58. The van der Waals surface area contributed by atoms with Gasteiger partial charge in [-0.1, -0.05) is 24.3 Å². The van der Waals surface area contributed by atoms with Crippen LogP contribution in [-0.4, -0.2) is 13.4 Å². The summed E-state index contributed by atoms with van der Waals surface area (Å²) in [5, 5.41) is 9.67. The number of methoxy groups -OCH3 is 1. The van der Waals surface area contributed by atoms with Gasteiger partial charge in [0.1, 0.15) is 11.8 Å². The minimum atomic E-state index is -4.45. The SMILES string of the molecule is COc1cccc(-c2cc(SC)c(C#N)c(C)c2-c2cccc(C(F)(F)F)c2)c1. The lowest BCUT2D eigenvalue weighted by molar-refractivity contribution is -0.137. The number of hydrogen-bond acceptors (Lipinski definition) is 3. The number of halogens is 3.